The molecule has 0 aromatic heterocycles. The van der Waals surface area contributed by atoms with Crippen molar-refractivity contribution >= 4 is 22.0 Å². The number of nitrogens with zero attached hydrogens (tertiary/aromatic N) is 1. The second-order valence-electron chi connectivity index (χ2n) is 4.21. The topological polar surface area (TPSA) is 61.8 Å². The fourth-order valence-corrected chi connectivity index (χ4v) is 2.21. The lowest BCUT2D eigenvalue weighted by atomic mass is 10.0. The summed E-state index contributed by atoms with van der Waals surface area (Å²) in [6.45, 7) is 3.72. The van der Waals surface area contributed by atoms with E-state index in [1.54, 1.807) is 44.2 Å². The molecule has 1 heterocycles. The van der Waals surface area contributed by atoms with Crippen molar-refractivity contribution in [1.29, 1.82) is 0 Å². The van der Waals surface area contributed by atoms with Gasteiger partial charge >= 0.3 is 6.09 Å². The number of hydrogen-bond donors (Lipinski definition) is 2. The zero-order chi connectivity index (χ0) is 14.0. The average molecular weight is 327 g/mol. The molecule has 1 aliphatic heterocycles. The van der Waals surface area contributed by atoms with Crippen LogP contribution in [0.15, 0.2) is 40.5 Å². The molecule has 1 unspecified atom stereocenters. The highest BCUT2D eigenvalue weighted by atomic mass is 79.9. The maximum atomic E-state index is 11.9. The van der Waals surface area contributed by atoms with Gasteiger partial charge < -0.3 is 9.84 Å². The molecule has 1 amide bonds. The molecule has 102 valence electrons. The van der Waals surface area contributed by atoms with Crippen LogP contribution in [0.4, 0.5) is 4.79 Å². The molecule has 0 bridgehead atoms. The van der Waals surface area contributed by atoms with E-state index in [1.807, 2.05) is 0 Å². The Morgan fingerprint density at radius 2 is 2.11 bits per heavy atom. The second kappa shape index (κ2) is 5.22. The molecule has 2 N–H and O–H groups in total. The summed E-state index contributed by atoms with van der Waals surface area (Å²) >= 11 is 3.33. The maximum absolute atomic E-state index is 11.9. The second-order valence-corrected chi connectivity index (χ2v) is 5.12. The molecule has 1 atom stereocenters. The first-order chi connectivity index (χ1) is 8.97. The number of nitrogens with one attached hydrogen (secondary N) is 1. The Balaban J connectivity index is 2.37. The van der Waals surface area contributed by atoms with Crippen LogP contribution in [0.1, 0.15) is 19.4 Å². The number of benzene rings is 1. The van der Waals surface area contributed by atoms with Crippen LogP contribution in [-0.4, -0.2) is 22.8 Å². The largest absolute Gasteiger partial charge is 0.448 e. The van der Waals surface area contributed by atoms with Crippen molar-refractivity contribution in [1.82, 2.24) is 10.4 Å². The smallest absolute Gasteiger partial charge is 0.431 e. The standard InChI is InChI=1S/C13H15BrN2O3/c1-3-19-12(17)16-13(18,8-9(2)15-16)10-4-6-11(14)7-5-10/h4-8,15,18H,3H2,1-2H3. The van der Waals surface area contributed by atoms with Crippen molar-refractivity contribution in [3.63, 3.8) is 0 Å². The lowest BCUT2D eigenvalue weighted by Crippen LogP contribution is -2.50. The van der Waals surface area contributed by atoms with Crippen LogP contribution in [0.3, 0.4) is 0 Å². The summed E-state index contributed by atoms with van der Waals surface area (Å²) in [6.07, 6.45) is 0.952. The minimum absolute atomic E-state index is 0.243. The monoisotopic (exact) mass is 326 g/mol. The van der Waals surface area contributed by atoms with E-state index < -0.39 is 11.8 Å². The molecular formula is C13H15BrN2O3. The molecule has 0 saturated heterocycles. The third-order valence-electron chi connectivity index (χ3n) is 2.77. The number of aliphatic hydroxyl groups is 1. The Morgan fingerprint density at radius 1 is 1.47 bits per heavy atom. The average Bonchev–Trinajstić information content (AvgIpc) is 2.67. The van der Waals surface area contributed by atoms with Crippen molar-refractivity contribution in [2.75, 3.05) is 6.61 Å². The van der Waals surface area contributed by atoms with Gasteiger partial charge in [-0.05, 0) is 32.1 Å². The first kappa shape index (κ1) is 13.9. The molecule has 1 aromatic rings. The van der Waals surface area contributed by atoms with Gasteiger partial charge in [-0.15, -0.1) is 0 Å². The van der Waals surface area contributed by atoms with Crippen molar-refractivity contribution in [2.24, 2.45) is 0 Å². The summed E-state index contributed by atoms with van der Waals surface area (Å²) in [7, 11) is 0. The third kappa shape index (κ3) is 2.59. The van der Waals surface area contributed by atoms with E-state index in [2.05, 4.69) is 21.4 Å². The highest BCUT2D eigenvalue weighted by molar-refractivity contribution is 9.10. The van der Waals surface area contributed by atoms with Gasteiger partial charge in [0.2, 0.25) is 5.72 Å². The number of rotatable bonds is 2. The Kier molecular flexibility index (Phi) is 3.82. The van der Waals surface area contributed by atoms with Crippen LogP contribution in [-0.2, 0) is 10.5 Å². The normalized spacial score (nSPS) is 21.9. The quantitative estimate of drug-likeness (QED) is 0.876. The number of hydrazine groups is 1. The van der Waals surface area contributed by atoms with Crippen LogP contribution in [0, 0.1) is 0 Å². The number of amides is 1. The Labute approximate surface area is 120 Å². The predicted molar refractivity (Wildman–Crippen MR) is 73.8 cm³/mol. The van der Waals surface area contributed by atoms with Crippen LogP contribution < -0.4 is 5.43 Å². The van der Waals surface area contributed by atoms with Gasteiger partial charge in [-0.25, -0.2) is 4.79 Å². The van der Waals surface area contributed by atoms with Gasteiger partial charge in [-0.1, -0.05) is 28.1 Å². The number of carbonyl (C=O) groups excluding carboxylic acids is 1. The molecular weight excluding hydrogens is 312 g/mol. The lowest BCUT2D eigenvalue weighted by Gasteiger charge is -2.31. The molecule has 0 radical (unpaired) electrons. The third-order valence-corrected chi connectivity index (χ3v) is 3.29. The molecule has 19 heavy (non-hydrogen) atoms. The van der Waals surface area contributed by atoms with E-state index in [-0.39, 0.29) is 6.61 Å². The minimum atomic E-state index is -1.54. The zero-order valence-corrected chi connectivity index (χ0v) is 12.3. The van der Waals surface area contributed by atoms with Crippen LogP contribution in [0.5, 0.6) is 0 Å². The highest BCUT2D eigenvalue weighted by Crippen LogP contribution is 2.32. The van der Waals surface area contributed by atoms with E-state index >= 15 is 0 Å². The van der Waals surface area contributed by atoms with Crippen molar-refractivity contribution < 1.29 is 14.6 Å². The van der Waals surface area contributed by atoms with Crippen molar-refractivity contribution in [2.45, 2.75) is 19.6 Å². The van der Waals surface area contributed by atoms with E-state index in [1.165, 1.54) is 0 Å². The van der Waals surface area contributed by atoms with E-state index in [0.29, 0.717) is 11.3 Å². The number of halogens is 1. The van der Waals surface area contributed by atoms with Gasteiger partial charge in [-0.3, -0.25) is 5.43 Å². The molecule has 0 aliphatic carbocycles. The van der Waals surface area contributed by atoms with E-state index in [0.717, 1.165) is 9.48 Å². The van der Waals surface area contributed by atoms with Gasteiger partial charge in [-0.2, -0.15) is 5.01 Å². The zero-order valence-electron chi connectivity index (χ0n) is 10.7. The number of ether oxygens (including phenoxy) is 1. The SMILES string of the molecule is CCOC(=O)N1NC(C)=CC1(O)c1ccc(Br)cc1. The highest BCUT2D eigenvalue weighted by Gasteiger charge is 2.43. The Morgan fingerprint density at radius 3 is 2.68 bits per heavy atom. The molecule has 0 saturated carbocycles. The van der Waals surface area contributed by atoms with Crippen LogP contribution >= 0.6 is 15.9 Å². The molecule has 6 heteroatoms. The summed E-state index contributed by atoms with van der Waals surface area (Å²) < 4.78 is 5.83. The van der Waals surface area contributed by atoms with Gasteiger partial charge in [0.05, 0.1) is 6.61 Å². The van der Waals surface area contributed by atoms with Gasteiger partial charge in [0, 0.05) is 15.7 Å². The van der Waals surface area contributed by atoms with Crippen LogP contribution in [0.25, 0.3) is 0 Å². The molecule has 1 aromatic carbocycles. The van der Waals surface area contributed by atoms with Gasteiger partial charge in [0.25, 0.3) is 0 Å². The summed E-state index contributed by atoms with van der Waals surface area (Å²) in [6, 6.07) is 7.09. The lowest BCUT2D eigenvalue weighted by molar-refractivity contribution is -0.0705. The van der Waals surface area contributed by atoms with Gasteiger partial charge in [0.15, 0.2) is 0 Å². The predicted octanol–water partition coefficient (Wildman–Crippen LogP) is 2.47. The van der Waals surface area contributed by atoms with E-state index in [9.17, 15) is 9.90 Å². The maximum Gasteiger partial charge on any atom is 0.431 e. The summed E-state index contributed by atoms with van der Waals surface area (Å²) in [5, 5.41) is 11.8. The number of allylic oxidation sites excluding steroid dienone is 1. The first-order valence-corrected chi connectivity index (χ1v) is 6.68. The van der Waals surface area contributed by atoms with Gasteiger partial charge in [0.1, 0.15) is 0 Å². The summed E-state index contributed by atoms with van der Waals surface area (Å²) in [4.78, 5) is 11.9. The van der Waals surface area contributed by atoms with Crippen molar-refractivity contribution in [3.05, 3.63) is 46.1 Å². The first-order valence-electron chi connectivity index (χ1n) is 5.89. The molecule has 2 rings (SSSR count). The number of hydrogen-bond acceptors (Lipinski definition) is 4. The summed E-state index contributed by atoms with van der Waals surface area (Å²) in [5.74, 6) is 0. The molecule has 0 spiro atoms. The fourth-order valence-electron chi connectivity index (χ4n) is 1.94. The van der Waals surface area contributed by atoms with E-state index in [4.69, 9.17) is 4.74 Å². The minimum Gasteiger partial charge on any atom is -0.448 e. The molecule has 1 aliphatic rings. The number of carbonyl (C=O) groups is 1. The van der Waals surface area contributed by atoms with Crippen molar-refractivity contribution in [3.8, 4) is 0 Å². The Bertz CT molecular complexity index is 515. The molecule has 0 fully saturated rings. The van der Waals surface area contributed by atoms with Crippen LogP contribution in [0.2, 0.25) is 0 Å². The Hall–Kier alpha value is -1.53. The summed E-state index contributed by atoms with van der Waals surface area (Å²) in [5.41, 5.74) is 2.51. The molecule has 5 nitrogen and oxygen atoms in total. The fraction of sp³-hybridized carbons (Fsp3) is 0.308.